The first-order chi connectivity index (χ1) is 8.40. The summed E-state index contributed by atoms with van der Waals surface area (Å²) in [5, 5.41) is 30.0. The first-order valence-corrected chi connectivity index (χ1v) is 5.77. The minimum atomic E-state index is -1.53. The third-order valence-corrected chi connectivity index (χ3v) is 3.12. The van der Waals surface area contributed by atoms with Crippen LogP contribution in [-0.4, -0.2) is 23.2 Å². The number of hydrogen-bond acceptors (Lipinski definition) is 8. The van der Waals surface area contributed by atoms with Crippen LogP contribution in [0.4, 0.5) is 0 Å². The van der Waals surface area contributed by atoms with Gasteiger partial charge in [0.15, 0.2) is 0 Å². The van der Waals surface area contributed by atoms with Gasteiger partial charge in [0, 0.05) is 17.6 Å². The summed E-state index contributed by atoms with van der Waals surface area (Å²) in [6, 6.07) is 2.50. The average molecular weight is 271 g/mol. The molecule has 8 heteroatoms. The lowest BCUT2D eigenvalue weighted by molar-refractivity contribution is -0.314. The number of rotatable bonds is 7. The van der Waals surface area contributed by atoms with E-state index in [2.05, 4.69) is 0 Å². The largest absolute Gasteiger partial charge is 0.550 e. The summed E-state index contributed by atoms with van der Waals surface area (Å²) < 4.78 is 4.82. The van der Waals surface area contributed by atoms with Crippen molar-refractivity contribution in [1.29, 1.82) is 0 Å². The molecule has 0 aliphatic heterocycles. The Morgan fingerprint density at radius 2 is 1.89 bits per heavy atom. The molecular formula is C10H7O7S-3. The van der Waals surface area contributed by atoms with Gasteiger partial charge in [0.25, 0.3) is 0 Å². The van der Waals surface area contributed by atoms with E-state index in [0.717, 1.165) is 17.8 Å². The minimum absolute atomic E-state index is 0.000787. The second-order valence-electron chi connectivity index (χ2n) is 3.25. The Kier molecular flexibility index (Phi) is 4.78. The molecular weight excluding hydrogens is 264 g/mol. The summed E-state index contributed by atoms with van der Waals surface area (Å²) in [5.41, 5.74) is 0. The van der Waals surface area contributed by atoms with E-state index in [9.17, 15) is 29.7 Å². The van der Waals surface area contributed by atoms with Crippen LogP contribution in [0.25, 0.3) is 0 Å². The van der Waals surface area contributed by atoms with E-state index in [0.29, 0.717) is 0 Å². The van der Waals surface area contributed by atoms with Crippen LogP contribution in [0.15, 0.2) is 16.5 Å². The van der Waals surface area contributed by atoms with Crippen LogP contribution in [0.1, 0.15) is 22.7 Å². The normalized spacial score (nSPS) is 12.0. The smallest absolute Gasteiger partial charge is 0.149 e. The van der Waals surface area contributed by atoms with Crippen molar-refractivity contribution < 1.29 is 34.1 Å². The molecule has 1 rings (SSSR count). The van der Waals surface area contributed by atoms with E-state index >= 15 is 0 Å². The number of carboxylic acid groups (broad SMARTS) is 3. The molecule has 0 aliphatic carbocycles. The lowest BCUT2D eigenvalue weighted by Crippen LogP contribution is -2.38. The van der Waals surface area contributed by atoms with Gasteiger partial charge in [-0.15, -0.1) is 11.8 Å². The van der Waals surface area contributed by atoms with Crippen molar-refractivity contribution in [2.24, 2.45) is 0 Å². The molecule has 1 heterocycles. The molecule has 0 spiro atoms. The van der Waals surface area contributed by atoms with Crippen molar-refractivity contribution >= 4 is 29.7 Å². The highest BCUT2D eigenvalue weighted by atomic mass is 32.2. The standard InChI is InChI=1S/C10H10O7S/c11-8(12)3-7(10(15)16)18-4-5-1-2-6(17-5)9(13)14/h1-2,7H,3-4H2,(H,11,12)(H,13,14)(H,15,16)/p-3/t7-/m1/s1. The summed E-state index contributed by atoms with van der Waals surface area (Å²) >= 11 is 0.746. The topological polar surface area (TPSA) is 134 Å². The molecule has 0 radical (unpaired) electrons. The number of aromatic carboxylic acids is 1. The number of hydrogen-bond donors (Lipinski definition) is 0. The van der Waals surface area contributed by atoms with Gasteiger partial charge in [-0.3, -0.25) is 0 Å². The zero-order valence-electron chi connectivity index (χ0n) is 8.91. The fraction of sp³-hybridized carbons (Fsp3) is 0.300. The monoisotopic (exact) mass is 271 g/mol. The van der Waals surface area contributed by atoms with Crippen molar-refractivity contribution in [2.45, 2.75) is 17.4 Å². The van der Waals surface area contributed by atoms with E-state index in [1.54, 1.807) is 0 Å². The zero-order chi connectivity index (χ0) is 13.7. The van der Waals surface area contributed by atoms with Crippen molar-refractivity contribution in [3.05, 3.63) is 23.7 Å². The third kappa shape index (κ3) is 4.13. The average Bonchev–Trinajstić information content (AvgIpc) is 2.72. The van der Waals surface area contributed by atoms with Crippen LogP contribution in [0.3, 0.4) is 0 Å². The molecule has 0 fully saturated rings. The van der Waals surface area contributed by atoms with E-state index in [1.165, 1.54) is 6.07 Å². The fourth-order valence-electron chi connectivity index (χ4n) is 1.11. The number of carbonyl (C=O) groups excluding carboxylic acids is 3. The third-order valence-electron chi connectivity index (χ3n) is 1.90. The van der Waals surface area contributed by atoms with Gasteiger partial charge in [-0.25, -0.2) is 0 Å². The molecule has 1 aromatic rings. The molecule has 98 valence electrons. The van der Waals surface area contributed by atoms with Gasteiger partial charge in [-0.1, -0.05) is 0 Å². The molecule has 7 nitrogen and oxygen atoms in total. The molecule has 0 unspecified atom stereocenters. The molecule has 0 aromatic carbocycles. The lowest BCUT2D eigenvalue weighted by Gasteiger charge is -2.17. The first kappa shape index (κ1) is 14.1. The van der Waals surface area contributed by atoms with Gasteiger partial charge >= 0.3 is 0 Å². The summed E-state index contributed by atoms with van der Waals surface area (Å²) in [5.74, 6) is -4.71. The van der Waals surface area contributed by atoms with Gasteiger partial charge < -0.3 is 34.1 Å². The predicted molar refractivity (Wildman–Crippen MR) is 52.8 cm³/mol. The highest BCUT2D eigenvalue weighted by molar-refractivity contribution is 7.99. The maximum atomic E-state index is 10.6. The Morgan fingerprint density at radius 3 is 2.33 bits per heavy atom. The Bertz CT molecular complexity index is 465. The van der Waals surface area contributed by atoms with Crippen molar-refractivity contribution in [2.75, 3.05) is 0 Å². The molecule has 0 bridgehead atoms. The molecule has 0 saturated carbocycles. The van der Waals surface area contributed by atoms with Crippen molar-refractivity contribution in [1.82, 2.24) is 0 Å². The van der Waals surface area contributed by atoms with Gasteiger partial charge in [0.05, 0.1) is 11.7 Å². The SMILES string of the molecule is O=C([O-])C[C@@H](SCc1ccc(C(=O)[O-])o1)C(=O)[O-]. The Hall–Kier alpha value is -1.96. The molecule has 1 atom stereocenters. The molecule has 0 saturated heterocycles. The highest BCUT2D eigenvalue weighted by Crippen LogP contribution is 2.21. The van der Waals surface area contributed by atoms with Crippen molar-refractivity contribution in [3.8, 4) is 0 Å². The molecule has 18 heavy (non-hydrogen) atoms. The lowest BCUT2D eigenvalue weighted by atomic mass is 10.3. The van der Waals surface area contributed by atoms with E-state index in [4.69, 9.17) is 4.42 Å². The van der Waals surface area contributed by atoms with Crippen LogP contribution >= 0.6 is 11.8 Å². The minimum Gasteiger partial charge on any atom is -0.550 e. The molecule has 1 aromatic heterocycles. The number of thioether (sulfide) groups is 1. The van der Waals surface area contributed by atoms with E-state index in [-0.39, 0.29) is 17.3 Å². The van der Waals surface area contributed by atoms with Crippen LogP contribution in [-0.2, 0) is 15.3 Å². The predicted octanol–water partition coefficient (Wildman–Crippen LogP) is -2.87. The summed E-state index contributed by atoms with van der Waals surface area (Å²) in [7, 11) is 0. The van der Waals surface area contributed by atoms with Crippen LogP contribution in [0.2, 0.25) is 0 Å². The van der Waals surface area contributed by atoms with Crippen LogP contribution < -0.4 is 15.3 Å². The van der Waals surface area contributed by atoms with Crippen molar-refractivity contribution in [3.63, 3.8) is 0 Å². The number of carbonyl (C=O) groups is 3. The summed E-state index contributed by atoms with van der Waals surface area (Å²) in [6.07, 6.45) is -0.693. The van der Waals surface area contributed by atoms with Gasteiger partial charge in [0.2, 0.25) is 0 Å². The quantitative estimate of drug-likeness (QED) is 0.516. The highest BCUT2D eigenvalue weighted by Gasteiger charge is 2.13. The molecule has 0 aliphatic rings. The number of furan rings is 1. The fourth-order valence-corrected chi connectivity index (χ4v) is 2.02. The molecule has 0 amide bonds. The zero-order valence-corrected chi connectivity index (χ0v) is 9.73. The second kappa shape index (κ2) is 6.10. The molecule has 0 N–H and O–H groups in total. The van der Waals surface area contributed by atoms with Crippen LogP contribution in [0.5, 0.6) is 0 Å². The summed E-state index contributed by atoms with van der Waals surface area (Å²) in [4.78, 5) is 31.3. The van der Waals surface area contributed by atoms with Crippen LogP contribution in [0, 0.1) is 0 Å². The maximum absolute atomic E-state index is 10.6. The Labute approximate surface area is 105 Å². The van der Waals surface area contributed by atoms with Gasteiger partial charge in [-0.05, 0) is 12.1 Å². The Balaban J connectivity index is 2.58. The number of carboxylic acids is 3. The Morgan fingerprint density at radius 1 is 1.22 bits per heavy atom. The maximum Gasteiger partial charge on any atom is 0.149 e. The summed E-state index contributed by atoms with van der Waals surface area (Å²) in [6.45, 7) is 0. The van der Waals surface area contributed by atoms with E-state index < -0.39 is 29.6 Å². The van der Waals surface area contributed by atoms with E-state index in [1.807, 2.05) is 0 Å². The number of aliphatic carboxylic acids is 2. The second-order valence-corrected chi connectivity index (χ2v) is 4.44. The van der Waals surface area contributed by atoms with Gasteiger partial charge in [0.1, 0.15) is 17.5 Å². The van der Waals surface area contributed by atoms with Gasteiger partial charge in [-0.2, -0.15) is 0 Å². The first-order valence-electron chi connectivity index (χ1n) is 4.72.